The predicted octanol–water partition coefficient (Wildman–Crippen LogP) is 2.87. The number of alkyl halides is 2. The summed E-state index contributed by atoms with van der Waals surface area (Å²) in [6.45, 7) is 0.115. The molecule has 1 aliphatic heterocycles. The summed E-state index contributed by atoms with van der Waals surface area (Å²) in [5, 5.41) is 0. The SMILES string of the molecule is O=C(CCOCC(F)F)c1ccc2c(c1)CCCO2. The lowest BCUT2D eigenvalue weighted by Crippen LogP contribution is -2.11. The highest BCUT2D eigenvalue weighted by Crippen LogP contribution is 2.25. The van der Waals surface area contributed by atoms with Crippen LogP contribution in [0.5, 0.6) is 5.75 Å². The number of carbonyl (C=O) groups excluding carboxylic acids is 1. The van der Waals surface area contributed by atoms with Crippen LogP contribution < -0.4 is 4.74 Å². The van der Waals surface area contributed by atoms with Crippen molar-refractivity contribution in [3.63, 3.8) is 0 Å². The Morgan fingerprint density at radius 2 is 2.26 bits per heavy atom. The maximum atomic E-state index is 11.9. The van der Waals surface area contributed by atoms with E-state index >= 15 is 0 Å². The summed E-state index contributed by atoms with van der Waals surface area (Å²) in [6.07, 6.45) is -0.525. The van der Waals surface area contributed by atoms with Crippen LogP contribution in [0.25, 0.3) is 0 Å². The second-order valence-electron chi connectivity index (χ2n) is 4.41. The minimum Gasteiger partial charge on any atom is -0.493 e. The van der Waals surface area contributed by atoms with Crippen molar-refractivity contribution in [2.75, 3.05) is 19.8 Å². The van der Waals surface area contributed by atoms with Gasteiger partial charge in [0.05, 0.1) is 13.2 Å². The molecule has 1 aromatic carbocycles. The van der Waals surface area contributed by atoms with Crippen molar-refractivity contribution in [2.45, 2.75) is 25.7 Å². The number of benzene rings is 1. The smallest absolute Gasteiger partial charge is 0.261 e. The Morgan fingerprint density at radius 1 is 1.42 bits per heavy atom. The molecule has 5 heteroatoms. The van der Waals surface area contributed by atoms with Crippen molar-refractivity contribution < 1.29 is 23.0 Å². The molecule has 0 radical (unpaired) electrons. The third-order valence-corrected chi connectivity index (χ3v) is 2.95. The van der Waals surface area contributed by atoms with E-state index in [1.165, 1.54) is 0 Å². The van der Waals surface area contributed by atoms with Crippen molar-refractivity contribution in [1.82, 2.24) is 0 Å². The number of Topliss-reactive ketones (excluding diaryl/α,β-unsaturated/α-hetero) is 1. The molecule has 1 aromatic rings. The van der Waals surface area contributed by atoms with E-state index in [-0.39, 0.29) is 18.8 Å². The largest absolute Gasteiger partial charge is 0.493 e. The molecule has 1 heterocycles. The van der Waals surface area contributed by atoms with Crippen molar-refractivity contribution in [3.8, 4) is 5.75 Å². The highest BCUT2D eigenvalue weighted by atomic mass is 19.3. The van der Waals surface area contributed by atoms with E-state index < -0.39 is 13.0 Å². The van der Waals surface area contributed by atoms with Crippen LogP contribution in [0, 0.1) is 0 Å². The van der Waals surface area contributed by atoms with E-state index in [2.05, 4.69) is 0 Å². The number of ether oxygens (including phenoxy) is 2. The summed E-state index contributed by atoms with van der Waals surface area (Å²) < 4.78 is 33.9. The van der Waals surface area contributed by atoms with E-state index in [0.29, 0.717) is 12.2 Å². The molecule has 3 nitrogen and oxygen atoms in total. The molecule has 0 aliphatic carbocycles. The first-order valence-corrected chi connectivity index (χ1v) is 6.31. The van der Waals surface area contributed by atoms with E-state index in [9.17, 15) is 13.6 Å². The van der Waals surface area contributed by atoms with Crippen LogP contribution in [0.15, 0.2) is 18.2 Å². The molecule has 19 heavy (non-hydrogen) atoms. The Hall–Kier alpha value is -1.49. The molecule has 0 aromatic heterocycles. The molecule has 0 unspecified atom stereocenters. The van der Waals surface area contributed by atoms with Gasteiger partial charge in [-0.25, -0.2) is 8.78 Å². The van der Waals surface area contributed by atoms with E-state index in [1.807, 2.05) is 6.07 Å². The lowest BCUT2D eigenvalue weighted by molar-refractivity contribution is 0.0170. The van der Waals surface area contributed by atoms with Gasteiger partial charge in [-0.2, -0.15) is 0 Å². The van der Waals surface area contributed by atoms with Gasteiger partial charge in [0.15, 0.2) is 5.78 Å². The first kappa shape index (κ1) is 13.9. The topological polar surface area (TPSA) is 35.5 Å². The Balaban J connectivity index is 1.88. The summed E-state index contributed by atoms with van der Waals surface area (Å²) >= 11 is 0. The van der Waals surface area contributed by atoms with Gasteiger partial charge in [-0.05, 0) is 36.6 Å². The maximum absolute atomic E-state index is 11.9. The van der Waals surface area contributed by atoms with E-state index in [1.54, 1.807) is 12.1 Å². The summed E-state index contributed by atoms with van der Waals surface area (Å²) in [7, 11) is 0. The lowest BCUT2D eigenvalue weighted by atomic mass is 10.0. The monoisotopic (exact) mass is 270 g/mol. The maximum Gasteiger partial charge on any atom is 0.261 e. The number of hydrogen-bond donors (Lipinski definition) is 0. The van der Waals surface area contributed by atoms with Crippen molar-refractivity contribution in [3.05, 3.63) is 29.3 Å². The van der Waals surface area contributed by atoms with Crippen LogP contribution in [-0.4, -0.2) is 32.0 Å². The Labute approximate surface area is 110 Å². The molecule has 0 saturated heterocycles. The van der Waals surface area contributed by atoms with Crippen molar-refractivity contribution >= 4 is 5.78 Å². The summed E-state index contributed by atoms with van der Waals surface area (Å²) in [5.41, 5.74) is 1.62. The fourth-order valence-electron chi connectivity index (χ4n) is 2.02. The third kappa shape index (κ3) is 3.99. The van der Waals surface area contributed by atoms with Crippen LogP contribution in [-0.2, 0) is 11.2 Å². The van der Waals surface area contributed by atoms with Crippen LogP contribution in [0.2, 0.25) is 0 Å². The number of fused-ring (bicyclic) bond motifs is 1. The Bertz CT molecular complexity index is 446. The standard InChI is InChI=1S/C14H16F2O3/c15-14(16)9-18-7-5-12(17)10-3-4-13-11(8-10)2-1-6-19-13/h3-4,8,14H,1-2,5-7,9H2. The molecule has 104 valence electrons. The summed E-state index contributed by atoms with van der Waals surface area (Å²) in [4.78, 5) is 11.9. The van der Waals surface area contributed by atoms with Crippen LogP contribution >= 0.6 is 0 Å². The zero-order valence-corrected chi connectivity index (χ0v) is 10.5. The molecule has 2 rings (SSSR count). The highest BCUT2D eigenvalue weighted by molar-refractivity contribution is 5.96. The lowest BCUT2D eigenvalue weighted by Gasteiger charge is -2.17. The Morgan fingerprint density at radius 3 is 3.05 bits per heavy atom. The van der Waals surface area contributed by atoms with Crippen molar-refractivity contribution in [2.24, 2.45) is 0 Å². The van der Waals surface area contributed by atoms with Crippen molar-refractivity contribution in [1.29, 1.82) is 0 Å². The quantitative estimate of drug-likeness (QED) is 0.589. The number of rotatable bonds is 6. The molecule has 0 bridgehead atoms. The summed E-state index contributed by atoms with van der Waals surface area (Å²) in [6, 6.07) is 5.32. The number of hydrogen-bond acceptors (Lipinski definition) is 3. The van der Waals surface area contributed by atoms with Crippen LogP contribution in [0.1, 0.15) is 28.8 Å². The molecule has 1 aliphatic rings. The normalized spacial score (nSPS) is 14.1. The first-order valence-electron chi connectivity index (χ1n) is 6.31. The van der Waals surface area contributed by atoms with E-state index in [4.69, 9.17) is 9.47 Å². The van der Waals surface area contributed by atoms with Crippen LogP contribution in [0.4, 0.5) is 8.78 Å². The van der Waals surface area contributed by atoms with E-state index in [0.717, 1.165) is 24.2 Å². The molecular weight excluding hydrogens is 254 g/mol. The average molecular weight is 270 g/mol. The fourth-order valence-corrected chi connectivity index (χ4v) is 2.02. The fraction of sp³-hybridized carbons (Fsp3) is 0.500. The zero-order chi connectivity index (χ0) is 13.7. The molecule has 0 amide bonds. The van der Waals surface area contributed by atoms with Gasteiger partial charge < -0.3 is 9.47 Å². The molecular formula is C14H16F2O3. The Kier molecular flexibility index (Phi) is 4.85. The number of ketones is 1. The second-order valence-corrected chi connectivity index (χ2v) is 4.41. The minimum atomic E-state index is -2.49. The van der Waals surface area contributed by atoms with Gasteiger partial charge >= 0.3 is 0 Å². The van der Waals surface area contributed by atoms with Gasteiger partial charge in [0.2, 0.25) is 0 Å². The molecule has 0 fully saturated rings. The molecule has 0 spiro atoms. The molecule has 0 atom stereocenters. The third-order valence-electron chi connectivity index (χ3n) is 2.95. The van der Waals surface area contributed by atoms with Gasteiger partial charge in [0.1, 0.15) is 12.4 Å². The van der Waals surface area contributed by atoms with Gasteiger partial charge in [-0.1, -0.05) is 0 Å². The minimum absolute atomic E-state index is 0.0246. The first-order chi connectivity index (χ1) is 9.16. The number of halogens is 2. The van der Waals surface area contributed by atoms with Crippen LogP contribution in [0.3, 0.4) is 0 Å². The van der Waals surface area contributed by atoms with Gasteiger partial charge in [0.25, 0.3) is 6.43 Å². The van der Waals surface area contributed by atoms with Gasteiger partial charge in [-0.15, -0.1) is 0 Å². The molecule has 0 N–H and O–H groups in total. The highest BCUT2D eigenvalue weighted by Gasteiger charge is 2.14. The zero-order valence-electron chi connectivity index (χ0n) is 10.5. The predicted molar refractivity (Wildman–Crippen MR) is 66.0 cm³/mol. The number of carbonyl (C=O) groups is 1. The summed E-state index contributed by atoms with van der Waals surface area (Å²) in [5.74, 6) is 0.736. The molecule has 0 saturated carbocycles. The van der Waals surface area contributed by atoms with Gasteiger partial charge in [-0.3, -0.25) is 4.79 Å². The van der Waals surface area contributed by atoms with Gasteiger partial charge in [0, 0.05) is 12.0 Å². The second kappa shape index (κ2) is 6.61. The number of aryl methyl sites for hydroxylation is 1. The average Bonchev–Trinajstić information content (AvgIpc) is 2.42.